The molecule has 14 N–H and O–H groups in total. The van der Waals surface area contributed by atoms with Gasteiger partial charge in [0, 0.05) is 6.54 Å². The van der Waals surface area contributed by atoms with E-state index in [0.29, 0.717) is 6.42 Å². The number of rotatable bonds is 14. The number of carbonyl (C=O) groups excluding carboxylic acids is 5. The van der Waals surface area contributed by atoms with E-state index in [2.05, 4.69) is 20.9 Å². The maximum Gasteiger partial charge on any atom is 0.243 e. The molecule has 0 fully saturated rings. The van der Waals surface area contributed by atoms with E-state index >= 15 is 0 Å². The second kappa shape index (κ2) is 13.7. The molecule has 3 atom stereocenters. The molecular weight excluding hydrogens is 402 g/mol. The Morgan fingerprint density at radius 3 is 2.07 bits per heavy atom. The SMILES string of the molecule is NC(=O)C[C@H](NC(=O)CNC(=O)[C@@H](N)CCCN=C(N)N)C(=O)N[C@@H](CO)C(N)=O. The van der Waals surface area contributed by atoms with Gasteiger partial charge in [-0.25, -0.2) is 0 Å². The molecule has 0 aliphatic heterocycles. The monoisotopic (exact) mass is 431 g/mol. The minimum atomic E-state index is -1.45. The molecule has 15 nitrogen and oxygen atoms in total. The van der Waals surface area contributed by atoms with Gasteiger partial charge >= 0.3 is 0 Å². The summed E-state index contributed by atoms with van der Waals surface area (Å²) in [5.74, 6) is -4.43. The van der Waals surface area contributed by atoms with E-state index < -0.39 is 67.2 Å². The quantitative estimate of drug-likeness (QED) is 0.0717. The zero-order valence-corrected chi connectivity index (χ0v) is 16.3. The van der Waals surface area contributed by atoms with Crippen LogP contribution < -0.4 is 44.6 Å². The summed E-state index contributed by atoms with van der Waals surface area (Å²) in [6.45, 7) is -1.04. The minimum absolute atomic E-state index is 0.0830. The molecule has 0 aliphatic rings. The Kier molecular flexibility index (Phi) is 12.1. The molecule has 0 aliphatic carbocycles. The third-order valence-corrected chi connectivity index (χ3v) is 3.63. The van der Waals surface area contributed by atoms with Crippen LogP contribution in [0.25, 0.3) is 0 Å². The van der Waals surface area contributed by atoms with Crippen LogP contribution in [0.1, 0.15) is 19.3 Å². The van der Waals surface area contributed by atoms with Crippen LogP contribution in [0.15, 0.2) is 4.99 Å². The molecule has 0 heterocycles. The van der Waals surface area contributed by atoms with Crippen LogP contribution in [0.3, 0.4) is 0 Å². The van der Waals surface area contributed by atoms with Gasteiger partial charge in [-0.15, -0.1) is 0 Å². The molecular formula is C15H29N9O6. The lowest BCUT2D eigenvalue weighted by atomic mass is 10.1. The summed E-state index contributed by atoms with van der Waals surface area (Å²) in [6.07, 6.45) is 0.102. The number of nitrogens with one attached hydrogen (secondary N) is 3. The Morgan fingerprint density at radius 1 is 0.933 bits per heavy atom. The molecule has 0 aromatic rings. The fourth-order valence-electron chi connectivity index (χ4n) is 2.08. The Bertz CT molecular complexity index is 665. The molecule has 0 bridgehead atoms. The Hall–Kier alpha value is -3.46. The number of hydrogen-bond acceptors (Lipinski definition) is 8. The largest absolute Gasteiger partial charge is 0.394 e. The molecule has 170 valence electrons. The first-order valence-corrected chi connectivity index (χ1v) is 8.84. The first-order chi connectivity index (χ1) is 14.0. The molecule has 0 spiro atoms. The number of primary amides is 2. The lowest BCUT2D eigenvalue weighted by Crippen LogP contribution is -2.56. The van der Waals surface area contributed by atoms with Crippen LogP contribution in [0.2, 0.25) is 0 Å². The maximum atomic E-state index is 12.1. The number of nitrogens with zero attached hydrogens (tertiary/aromatic N) is 1. The second-order valence-electron chi connectivity index (χ2n) is 6.21. The van der Waals surface area contributed by atoms with Crippen LogP contribution in [-0.4, -0.2) is 78.4 Å². The molecule has 0 rings (SSSR count). The maximum absolute atomic E-state index is 12.1. The second-order valence-corrected chi connectivity index (χ2v) is 6.21. The van der Waals surface area contributed by atoms with Crippen LogP contribution >= 0.6 is 0 Å². The van der Waals surface area contributed by atoms with E-state index in [1.807, 2.05) is 0 Å². The number of aliphatic imine (C=N–C) groups is 1. The van der Waals surface area contributed by atoms with Gasteiger partial charge in [-0.05, 0) is 12.8 Å². The van der Waals surface area contributed by atoms with Crippen molar-refractivity contribution in [3.05, 3.63) is 0 Å². The lowest BCUT2D eigenvalue weighted by Gasteiger charge is -2.20. The van der Waals surface area contributed by atoms with Crippen molar-refractivity contribution in [2.24, 2.45) is 33.7 Å². The minimum Gasteiger partial charge on any atom is -0.394 e. The fraction of sp³-hybridized carbons (Fsp3) is 0.600. The van der Waals surface area contributed by atoms with Gasteiger partial charge in [0.1, 0.15) is 12.1 Å². The molecule has 0 aromatic carbocycles. The highest BCUT2D eigenvalue weighted by Crippen LogP contribution is 1.96. The average molecular weight is 431 g/mol. The lowest BCUT2D eigenvalue weighted by molar-refractivity contribution is -0.133. The zero-order chi connectivity index (χ0) is 23.3. The van der Waals surface area contributed by atoms with Gasteiger partial charge in [-0.3, -0.25) is 29.0 Å². The van der Waals surface area contributed by atoms with Crippen molar-refractivity contribution in [3.8, 4) is 0 Å². The number of amides is 5. The Morgan fingerprint density at radius 2 is 1.57 bits per heavy atom. The number of nitrogens with two attached hydrogens (primary N) is 5. The van der Waals surface area contributed by atoms with Crippen molar-refractivity contribution in [3.63, 3.8) is 0 Å². The molecule has 0 aromatic heterocycles. The summed E-state index contributed by atoms with van der Waals surface area (Å²) in [5.41, 5.74) is 26.1. The van der Waals surface area contributed by atoms with Gasteiger partial charge in [-0.1, -0.05) is 0 Å². The van der Waals surface area contributed by atoms with Gasteiger partial charge in [0.05, 0.1) is 25.6 Å². The number of hydrogen-bond donors (Lipinski definition) is 9. The Balaban J connectivity index is 4.66. The summed E-state index contributed by atoms with van der Waals surface area (Å²) in [5, 5.41) is 15.6. The van der Waals surface area contributed by atoms with Crippen molar-refractivity contribution in [2.75, 3.05) is 19.7 Å². The van der Waals surface area contributed by atoms with Crippen LogP contribution in [-0.2, 0) is 24.0 Å². The summed E-state index contributed by atoms with van der Waals surface area (Å²) in [4.78, 5) is 62.0. The van der Waals surface area contributed by atoms with Gasteiger partial charge in [-0.2, -0.15) is 0 Å². The van der Waals surface area contributed by atoms with Crippen molar-refractivity contribution < 1.29 is 29.1 Å². The predicted molar refractivity (Wildman–Crippen MR) is 105 cm³/mol. The highest BCUT2D eigenvalue weighted by Gasteiger charge is 2.27. The molecule has 30 heavy (non-hydrogen) atoms. The van der Waals surface area contributed by atoms with Crippen LogP contribution in [0, 0.1) is 0 Å². The van der Waals surface area contributed by atoms with Crippen LogP contribution in [0.4, 0.5) is 0 Å². The Labute approximate surface area is 172 Å². The summed E-state index contributed by atoms with van der Waals surface area (Å²) in [6, 6.07) is -3.78. The average Bonchev–Trinajstić information content (AvgIpc) is 2.65. The molecule has 0 unspecified atom stereocenters. The van der Waals surface area contributed by atoms with Crippen molar-refractivity contribution in [1.82, 2.24) is 16.0 Å². The number of aliphatic hydroxyl groups is 1. The van der Waals surface area contributed by atoms with Crippen molar-refractivity contribution >= 4 is 35.5 Å². The summed E-state index contributed by atoms with van der Waals surface area (Å²) in [7, 11) is 0. The predicted octanol–water partition coefficient (Wildman–Crippen LogP) is -6.19. The smallest absolute Gasteiger partial charge is 0.243 e. The van der Waals surface area contributed by atoms with E-state index in [-0.39, 0.29) is 18.9 Å². The highest BCUT2D eigenvalue weighted by molar-refractivity contribution is 5.95. The van der Waals surface area contributed by atoms with E-state index in [1.54, 1.807) is 0 Å². The third-order valence-electron chi connectivity index (χ3n) is 3.63. The first kappa shape index (κ1) is 26.5. The third kappa shape index (κ3) is 11.4. The van der Waals surface area contributed by atoms with Gasteiger partial charge in [0.2, 0.25) is 29.5 Å². The normalized spacial score (nSPS) is 13.3. The van der Waals surface area contributed by atoms with Gasteiger partial charge in [0.25, 0.3) is 0 Å². The molecule has 0 saturated heterocycles. The number of guanidine groups is 1. The zero-order valence-electron chi connectivity index (χ0n) is 16.3. The van der Waals surface area contributed by atoms with Gasteiger partial charge in [0.15, 0.2) is 5.96 Å². The molecule has 15 heteroatoms. The van der Waals surface area contributed by atoms with Crippen molar-refractivity contribution in [2.45, 2.75) is 37.4 Å². The topological polar surface area (TPSA) is 284 Å². The van der Waals surface area contributed by atoms with Crippen molar-refractivity contribution in [1.29, 1.82) is 0 Å². The van der Waals surface area contributed by atoms with E-state index in [0.717, 1.165) is 0 Å². The van der Waals surface area contributed by atoms with E-state index in [4.69, 9.17) is 33.8 Å². The van der Waals surface area contributed by atoms with Gasteiger partial charge < -0.3 is 49.7 Å². The number of carbonyl (C=O) groups is 5. The summed E-state index contributed by atoms with van der Waals surface area (Å²) < 4.78 is 0. The van der Waals surface area contributed by atoms with Crippen LogP contribution in [0.5, 0.6) is 0 Å². The van der Waals surface area contributed by atoms with E-state index in [9.17, 15) is 24.0 Å². The molecule has 5 amide bonds. The number of aliphatic hydroxyl groups excluding tert-OH is 1. The van der Waals surface area contributed by atoms with E-state index in [1.165, 1.54) is 0 Å². The molecule has 0 saturated carbocycles. The summed E-state index contributed by atoms with van der Waals surface area (Å²) >= 11 is 0. The fourth-order valence-corrected chi connectivity index (χ4v) is 2.08. The highest BCUT2D eigenvalue weighted by atomic mass is 16.3. The standard InChI is InChI=1S/C15H29N9O6/c16-7(2-1-3-21-15(19)20)13(29)22-5-11(27)23-8(4-10(17)26)14(30)24-9(6-25)12(18)28/h7-9,25H,1-6,16H2,(H2,17,26)(H2,18,28)(H,22,29)(H,23,27)(H,24,30)(H4,19,20,21)/t7-,8-,9-/m0/s1. The first-order valence-electron chi connectivity index (χ1n) is 8.84. The molecule has 0 radical (unpaired) electrons.